The van der Waals surface area contributed by atoms with E-state index < -0.39 is 21.9 Å². The summed E-state index contributed by atoms with van der Waals surface area (Å²) in [4.78, 5) is 23.8. The Morgan fingerprint density at radius 3 is 2.72 bits per heavy atom. The molecule has 0 saturated heterocycles. The molecule has 0 amide bonds. The van der Waals surface area contributed by atoms with Gasteiger partial charge in [-0.1, -0.05) is 12.1 Å². The van der Waals surface area contributed by atoms with E-state index in [0.29, 0.717) is 28.9 Å². The maximum atomic E-state index is 14.4. The molecule has 3 rings (SSSR count). The summed E-state index contributed by atoms with van der Waals surface area (Å²) in [5.41, 5.74) is -0.567. The molecule has 2 unspecified atom stereocenters. The zero-order valence-electron chi connectivity index (χ0n) is 18.1. The van der Waals surface area contributed by atoms with E-state index in [1.165, 1.54) is 36.0 Å². The van der Waals surface area contributed by atoms with Crippen molar-refractivity contribution in [3.05, 3.63) is 69.0 Å². The van der Waals surface area contributed by atoms with Gasteiger partial charge in [0.15, 0.2) is 0 Å². The van der Waals surface area contributed by atoms with Gasteiger partial charge in [-0.25, -0.2) is 9.18 Å². The van der Waals surface area contributed by atoms with Crippen molar-refractivity contribution in [2.45, 2.75) is 54.9 Å². The van der Waals surface area contributed by atoms with Gasteiger partial charge < -0.3 is 9.84 Å². The summed E-state index contributed by atoms with van der Waals surface area (Å²) in [7, 11) is 0. The lowest BCUT2D eigenvalue weighted by Crippen LogP contribution is -2.41. The molecule has 0 aliphatic heterocycles. The van der Waals surface area contributed by atoms with Crippen molar-refractivity contribution in [2.24, 2.45) is 0 Å². The monoisotopic (exact) mass is 481 g/mol. The van der Waals surface area contributed by atoms with Crippen LogP contribution in [0.15, 0.2) is 41.3 Å². The summed E-state index contributed by atoms with van der Waals surface area (Å²) in [5, 5.41) is 21.6. The molecule has 2 aromatic carbocycles. The molecule has 1 N–H and O–H groups in total. The van der Waals surface area contributed by atoms with Crippen molar-refractivity contribution in [3.63, 3.8) is 0 Å². The summed E-state index contributed by atoms with van der Waals surface area (Å²) in [6.07, 6.45) is 0.777. The molecule has 1 aliphatic rings. The normalized spacial score (nSPS) is 20.5. The first-order chi connectivity index (χ1) is 15.0. The average Bonchev–Trinajstić information content (AvgIpc) is 2.71. The van der Waals surface area contributed by atoms with Gasteiger partial charge in [0.1, 0.15) is 11.4 Å². The Morgan fingerprint density at radius 1 is 1.38 bits per heavy atom. The number of nitrogens with zero attached hydrogens (tertiary/aromatic N) is 1. The van der Waals surface area contributed by atoms with Gasteiger partial charge in [-0.05, 0) is 62.9 Å². The van der Waals surface area contributed by atoms with Gasteiger partial charge in [-0.3, -0.25) is 10.1 Å². The van der Waals surface area contributed by atoms with E-state index in [4.69, 9.17) is 16.3 Å². The second-order valence-corrected chi connectivity index (χ2v) is 10.6. The number of fused-ring (bicyclic) bond motifs is 1. The second-order valence-electron chi connectivity index (χ2n) is 8.94. The number of halogens is 2. The number of ether oxygens (including phenoxy) is 1. The Kier molecular flexibility index (Phi) is 7.17. The predicted molar refractivity (Wildman–Crippen MR) is 122 cm³/mol. The maximum absolute atomic E-state index is 14.4. The van der Waals surface area contributed by atoms with Crippen LogP contribution >= 0.6 is 23.4 Å². The molecular weight excluding hydrogens is 457 g/mol. The number of hydrogen-bond donors (Lipinski definition) is 1. The summed E-state index contributed by atoms with van der Waals surface area (Å²) >= 11 is 7.58. The lowest BCUT2D eigenvalue weighted by atomic mass is 9.71. The molecular formula is C23H25ClFNO5S. The van der Waals surface area contributed by atoms with Crippen molar-refractivity contribution < 1.29 is 24.0 Å². The van der Waals surface area contributed by atoms with E-state index in [1.807, 2.05) is 0 Å². The number of esters is 1. The van der Waals surface area contributed by atoms with Crippen LogP contribution in [0.1, 0.15) is 48.7 Å². The van der Waals surface area contributed by atoms with Crippen LogP contribution in [0.25, 0.3) is 0 Å². The Bertz CT molecular complexity index is 1040. The number of carbonyl (C=O) groups excluding carboxylic acids is 1. The van der Waals surface area contributed by atoms with Crippen molar-refractivity contribution in [2.75, 3.05) is 12.4 Å². The summed E-state index contributed by atoms with van der Waals surface area (Å²) in [6.45, 7) is 4.87. The zero-order chi connectivity index (χ0) is 23.7. The van der Waals surface area contributed by atoms with Crippen molar-refractivity contribution in [3.8, 4) is 0 Å². The minimum atomic E-state index is -0.843. The molecule has 0 radical (unpaired) electrons. The number of alkyl halides is 1. The van der Waals surface area contributed by atoms with Crippen LogP contribution in [0, 0.1) is 15.9 Å². The zero-order valence-corrected chi connectivity index (χ0v) is 19.6. The Morgan fingerprint density at radius 2 is 2.09 bits per heavy atom. The molecule has 0 bridgehead atoms. The molecule has 2 aromatic rings. The molecule has 0 fully saturated rings. The SMILES string of the molecule is CC(C)(C)OC(=O)c1ccc(SCC2(CO)CC(Cl)Cc3c(F)cccc32)c([N+](=O)[O-])c1. The molecule has 9 heteroatoms. The second kappa shape index (κ2) is 9.37. The van der Waals surface area contributed by atoms with Crippen LogP contribution in [0.3, 0.4) is 0 Å². The molecule has 2 atom stereocenters. The maximum Gasteiger partial charge on any atom is 0.338 e. The van der Waals surface area contributed by atoms with E-state index in [9.17, 15) is 24.4 Å². The van der Waals surface area contributed by atoms with Gasteiger partial charge in [-0.15, -0.1) is 23.4 Å². The van der Waals surface area contributed by atoms with Crippen molar-refractivity contribution in [1.29, 1.82) is 0 Å². The molecule has 0 saturated carbocycles. The van der Waals surface area contributed by atoms with E-state index in [0.717, 1.165) is 0 Å². The number of hydrogen-bond acceptors (Lipinski definition) is 6. The number of aliphatic hydroxyl groups is 1. The Balaban J connectivity index is 1.91. The van der Waals surface area contributed by atoms with Crippen LogP contribution in [0.5, 0.6) is 0 Å². The number of nitro groups is 1. The highest BCUT2D eigenvalue weighted by molar-refractivity contribution is 7.99. The number of carbonyl (C=O) groups is 1. The third-order valence-corrected chi connectivity index (χ3v) is 6.99. The van der Waals surface area contributed by atoms with Gasteiger partial charge in [-0.2, -0.15) is 0 Å². The smallest absolute Gasteiger partial charge is 0.338 e. The Labute approximate surface area is 195 Å². The first-order valence-electron chi connectivity index (χ1n) is 10.1. The number of rotatable bonds is 6. The number of nitro benzene ring substituents is 1. The third-order valence-electron chi connectivity index (χ3n) is 5.32. The number of aliphatic hydroxyl groups excluding tert-OH is 1. The first-order valence-corrected chi connectivity index (χ1v) is 11.6. The lowest BCUT2D eigenvalue weighted by Gasteiger charge is -2.39. The predicted octanol–water partition coefficient (Wildman–Crippen LogP) is 5.27. The lowest BCUT2D eigenvalue weighted by molar-refractivity contribution is -0.387. The van der Waals surface area contributed by atoms with Gasteiger partial charge in [0.2, 0.25) is 0 Å². The van der Waals surface area contributed by atoms with Crippen LogP contribution < -0.4 is 0 Å². The topological polar surface area (TPSA) is 89.7 Å². The number of thioether (sulfide) groups is 1. The molecule has 32 heavy (non-hydrogen) atoms. The van der Waals surface area contributed by atoms with Crippen LogP contribution in [0.2, 0.25) is 0 Å². The van der Waals surface area contributed by atoms with Crippen LogP contribution in [0.4, 0.5) is 10.1 Å². The molecule has 0 aromatic heterocycles. The average molecular weight is 482 g/mol. The fraction of sp³-hybridized carbons (Fsp3) is 0.435. The Hall–Kier alpha value is -2.16. The largest absolute Gasteiger partial charge is 0.456 e. The van der Waals surface area contributed by atoms with Crippen molar-refractivity contribution >= 4 is 35.0 Å². The van der Waals surface area contributed by atoms with E-state index >= 15 is 0 Å². The first kappa shape index (κ1) is 24.5. The summed E-state index contributed by atoms with van der Waals surface area (Å²) < 4.78 is 19.7. The van der Waals surface area contributed by atoms with Gasteiger partial charge in [0.05, 0.1) is 22.0 Å². The van der Waals surface area contributed by atoms with Crippen molar-refractivity contribution in [1.82, 2.24) is 0 Å². The van der Waals surface area contributed by atoms with E-state index in [1.54, 1.807) is 32.9 Å². The fourth-order valence-electron chi connectivity index (χ4n) is 3.88. The van der Waals surface area contributed by atoms with Crippen LogP contribution in [-0.4, -0.2) is 39.3 Å². The molecule has 172 valence electrons. The van der Waals surface area contributed by atoms with Gasteiger partial charge in [0.25, 0.3) is 5.69 Å². The molecule has 0 spiro atoms. The van der Waals surface area contributed by atoms with Gasteiger partial charge >= 0.3 is 5.97 Å². The van der Waals surface area contributed by atoms with Gasteiger partial charge in [0, 0.05) is 22.6 Å². The highest BCUT2D eigenvalue weighted by Crippen LogP contribution is 2.44. The van der Waals surface area contributed by atoms with Crippen LogP contribution in [-0.2, 0) is 16.6 Å². The highest BCUT2D eigenvalue weighted by atomic mass is 35.5. The number of benzene rings is 2. The molecule has 1 aliphatic carbocycles. The minimum absolute atomic E-state index is 0.0822. The fourth-order valence-corrected chi connectivity index (χ4v) is 5.58. The third kappa shape index (κ3) is 5.24. The highest BCUT2D eigenvalue weighted by Gasteiger charge is 2.41. The van der Waals surface area contributed by atoms with E-state index in [-0.39, 0.29) is 34.8 Å². The summed E-state index contributed by atoms with van der Waals surface area (Å²) in [6, 6.07) is 8.91. The van der Waals surface area contributed by atoms with E-state index in [2.05, 4.69) is 0 Å². The standard InChI is InChI=1S/C23H25ClFNO5S/c1-22(2,3)31-21(28)14-7-8-20(19(9-14)26(29)30)32-13-23(12-27)11-15(24)10-16-17(23)5-4-6-18(16)25/h4-9,15,27H,10-13H2,1-3H3. The quantitative estimate of drug-likeness (QED) is 0.199. The minimum Gasteiger partial charge on any atom is -0.456 e. The molecule has 0 heterocycles. The summed E-state index contributed by atoms with van der Waals surface area (Å²) in [5.74, 6) is -0.760. The molecule has 6 nitrogen and oxygen atoms in total.